The maximum Gasteiger partial charge on any atom is 0.329 e. The van der Waals surface area contributed by atoms with Crippen molar-refractivity contribution in [2.24, 2.45) is 0 Å². The third-order valence-electron chi connectivity index (χ3n) is 2.56. The van der Waals surface area contributed by atoms with Crippen LogP contribution in [0.15, 0.2) is 40.3 Å². The summed E-state index contributed by atoms with van der Waals surface area (Å²) in [5.41, 5.74) is -0.208. The molecule has 0 atom stereocenters. The summed E-state index contributed by atoms with van der Waals surface area (Å²) in [6.07, 6.45) is 4.04. The van der Waals surface area contributed by atoms with Gasteiger partial charge in [-0.05, 0) is 18.2 Å². The van der Waals surface area contributed by atoms with Gasteiger partial charge in [-0.2, -0.15) is 0 Å². The van der Waals surface area contributed by atoms with Crippen LogP contribution in [0.3, 0.4) is 0 Å². The van der Waals surface area contributed by atoms with Gasteiger partial charge in [0.1, 0.15) is 6.33 Å². The summed E-state index contributed by atoms with van der Waals surface area (Å²) >= 11 is 0. The zero-order valence-corrected chi connectivity index (χ0v) is 11.2. The van der Waals surface area contributed by atoms with Gasteiger partial charge >= 0.3 is 5.97 Å². The smallest absolute Gasteiger partial charge is 0.329 e. The Balaban J connectivity index is 2.71. The molecule has 1 N–H and O–H groups in total. The van der Waals surface area contributed by atoms with E-state index in [1.807, 2.05) is 0 Å². The molecule has 7 nitrogen and oxygen atoms in total. The summed E-state index contributed by atoms with van der Waals surface area (Å²) in [5, 5.41) is 8.63. The number of carboxylic acid groups (broad SMARTS) is 1. The van der Waals surface area contributed by atoms with Crippen molar-refractivity contribution in [3.63, 3.8) is 0 Å². The van der Waals surface area contributed by atoms with Crippen molar-refractivity contribution in [2.75, 3.05) is 6.26 Å². The molecule has 0 radical (unpaired) electrons. The number of aromatic nitrogens is 2. The van der Waals surface area contributed by atoms with E-state index in [0.717, 1.165) is 23.1 Å². The fourth-order valence-corrected chi connectivity index (χ4v) is 2.24. The lowest BCUT2D eigenvalue weighted by Gasteiger charge is -2.03. The van der Waals surface area contributed by atoms with Crippen LogP contribution in [0.4, 0.5) is 0 Å². The van der Waals surface area contributed by atoms with Crippen molar-refractivity contribution < 1.29 is 18.3 Å². The van der Waals surface area contributed by atoms with Crippen LogP contribution >= 0.6 is 0 Å². The number of aliphatic carboxylic acids is 1. The van der Waals surface area contributed by atoms with Gasteiger partial charge in [0.25, 0.3) is 5.56 Å². The molecule has 0 aliphatic rings. The Kier molecular flexibility index (Phi) is 3.41. The normalized spacial score (nSPS) is 12.1. The Bertz CT molecular complexity index is 880. The van der Waals surface area contributed by atoms with Crippen molar-refractivity contribution in [2.45, 2.75) is 4.90 Å². The molecular formula is C12H10N2O5S. The highest BCUT2D eigenvalue weighted by atomic mass is 32.2. The summed E-state index contributed by atoms with van der Waals surface area (Å²) in [7, 11) is -3.44. The number of hydrogen-bond donors (Lipinski definition) is 1. The van der Waals surface area contributed by atoms with E-state index in [4.69, 9.17) is 5.11 Å². The molecular weight excluding hydrogens is 284 g/mol. The fraction of sp³-hybridized carbons (Fsp3) is 0.0833. The Hall–Kier alpha value is -2.48. The number of carbonyl (C=O) groups is 1. The molecule has 104 valence electrons. The van der Waals surface area contributed by atoms with E-state index in [2.05, 4.69) is 4.98 Å². The van der Waals surface area contributed by atoms with E-state index in [9.17, 15) is 18.0 Å². The Morgan fingerprint density at radius 3 is 2.70 bits per heavy atom. The van der Waals surface area contributed by atoms with E-state index in [1.54, 1.807) is 0 Å². The van der Waals surface area contributed by atoms with Gasteiger partial charge in [-0.15, -0.1) is 0 Å². The molecule has 1 aromatic heterocycles. The SMILES string of the molecule is CS(=O)(=O)c1ccc2ncn(/C=C/C(=O)O)c(=O)c2c1. The van der Waals surface area contributed by atoms with Crippen LogP contribution in [0, 0.1) is 0 Å². The fourth-order valence-electron chi connectivity index (χ4n) is 1.60. The van der Waals surface area contributed by atoms with Crippen LogP contribution in [0.1, 0.15) is 0 Å². The van der Waals surface area contributed by atoms with Gasteiger partial charge in [0.05, 0.1) is 15.8 Å². The molecule has 1 aromatic carbocycles. The summed E-state index contributed by atoms with van der Waals surface area (Å²) < 4.78 is 23.9. The van der Waals surface area contributed by atoms with Crippen molar-refractivity contribution in [3.05, 3.63) is 41.0 Å². The minimum atomic E-state index is -3.44. The highest BCUT2D eigenvalue weighted by Crippen LogP contribution is 2.14. The van der Waals surface area contributed by atoms with E-state index in [1.165, 1.54) is 24.5 Å². The first-order valence-electron chi connectivity index (χ1n) is 5.41. The van der Waals surface area contributed by atoms with Crippen LogP contribution in [0.2, 0.25) is 0 Å². The molecule has 8 heteroatoms. The lowest BCUT2D eigenvalue weighted by Crippen LogP contribution is -2.16. The Morgan fingerprint density at radius 2 is 2.10 bits per heavy atom. The predicted molar refractivity (Wildman–Crippen MR) is 72.1 cm³/mol. The van der Waals surface area contributed by atoms with Crippen LogP contribution in [-0.2, 0) is 14.6 Å². The predicted octanol–water partition coefficient (Wildman–Crippen LogP) is 0.355. The summed E-state index contributed by atoms with van der Waals surface area (Å²) in [6.45, 7) is 0. The molecule has 0 amide bonds. The standard InChI is InChI=1S/C12H10N2O5S/c1-20(18,19)8-2-3-10-9(6-8)12(17)14(7-13-10)5-4-11(15)16/h2-7H,1H3,(H,15,16)/b5-4+. The van der Waals surface area contributed by atoms with Gasteiger partial charge in [0.15, 0.2) is 9.84 Å². The number of hydrogen-bond acceptors (Lipinski definition) is 5. The van der Waals surface area contributed by atoms with Crippen molar-refractivity contribution in [1.29, 1.82) is 0 Å². The second-order valence-electron chi connectivity index (χ2n) is 4.06. The number of rotatable bonds is 3. The third kappa shape index (κ3) is 2.75. The molecule has 0 saturated heterocycles. The summed E-state index contributed by atoms with van der Waals surface area (Å²) in [6, 6.07) is 4.02. The molecule has 2 aromatic rings. The van der Waals surface area contributed by atoms with Gasteiger partial charge in [-0.25, -0.2) is 18.2 Å². The Morgan fingerprint density at radius 1 is 1.40 bits per heavy atom. The number of sulfone groups is 1. The molecule has 0 bridgehead atoms. The molecule has 20 heavy (non-hydrogen) atoms. The van der Waals surface area contributed by atoms with Gasteiger partial charge in [0, 0.05) is 18.5 Å². The van der Waals surface area contributed by atoms with E-state index in [-0.39, 0.29) is 10.3 Å². The monoisotopic (exact) mass is 294 g/mol. The van der Waals surface area contributed by atoms with Gasteiger partial charge in [-0.3, -0.25) is 9.36 Å². The highest BCUT2D eigenvalue weighted by Gasteiger charge is 2.10. The lowest BCUT2D eigenvalue weighted by molar-refractivity contribution is -0.131. The molecule has 0 aliphatic carbocycles. The second-order valence-corrected chi connectivity index (χ2v) is 6.08. The lowest BCUT2D eigenvalue weighted by atomic mass is 10.2. The quantitative estimate of drug-likeness (QED) is 0.819. The van der Waals surface area contributed by atoms with Crippen LogP contribution in [0.5, 0.6) is 0 Å². The largest absolute Gasteiger partial charge is 0.478 e. The van der Waals surface area contributed by atoms with E-state index >= 15 is 0 Å². The average Bonchev–Trinajstić information content (AvgIpc) is 2.36. The molecule has 0 saturated carbocycles. The van der Waals surface area contributed by atoms with Gasteiger partial charge in [-0.1, -0.05) is 0 Å². The molecule has 0 unspecified atom stereocenters. The van der Waals surface area contributed by atoms with E-state index in [0.29, 0.717) is 5.52 Å². The van der Waals surface area contributed by atoms with Crippen LogP contribution < -0.4 is 5.56 Å². The van der Waals surface area contributed by atoms with E-state index < -0.39 is 21.4 Å². The molecule has 0 aliphatic heterocycles. The van der Waals surface area contributed by atoms with Crippen molar-refractivity contribution in [1.82, 2.24) is 9.55 Å². The molecule has 1 heterocycles. The zero-order valence-electron chi connectivity index (χ0n) is 10.3. The molecule has 0 fully saturated rings. The summed E-state index contributed by atoms with van der Waals surface area (Å²) in [5.74, 6) is -1.21. The first kappa shape index (κ1) is 13.9. The van der Waals surface area contributed by atoms with Crippen molar-refractivity contribution in [3.8, 4) is 0 Å². The highest BCUT2D eigenvalue weighted by molar-refractivity contribution is 7.90. The van der Waals surface area contributed by atoms with Crippen LogP contribution in [-0.4, -0.2) is 35.3 Å². The maximum absolute atomic E-state index is 12.1. The first-order chi connectivity index (χ1) is 9.29. The summed E-state index contributed by atoms with van der Waals surface area (Å²) in [4.78, 5) is 26.5. The minimum absolute atomic E-state index is 0.00358. The number of carboxylic acids is 1. The van der Waals surface area contributed by atoms with Crippen molar-refractivity contribution >= 4 is 32.9 Å². The maximum atomic E-state index is 12.1. The Labute approximate surface area is 113 Å². The average molecular weight is 294 g/mol. The second kappa shape index (κ2) is 4.89. The van der Waals surface area contributed by atoms with Crippen LogP contribution in [0.25, 0.3) is 17.1 Å². The third-order valence-corrected chi connectivity index (χ3v) is 3.67. The molecule has 0 spiro atoms. The number of nitrogens with zero attached hydrogens (tertiary/aromatic N) is 2. The minimum Gasteiger partial charge on any atom is -0.478 e. The van der Waals surface area contributed by atoms with Gasteiger partial charge < -0.3 is 5.11 Å². The van der Waals surface area contributed by atoms with Gasteiger partial charge in [0.2, 0.25) is 0 Å². The zero-order chi connectivity index (χ0) is 14.9. The topological polar surface area (TPSA) is 106 Å². The molecule has 2 rings (SSSR count). The number of benzene rings is 1. The number of fused-ring (bicyclic) bond motifs is 1. The first-order valence-corrected chi connectivity index (χ1v) is 7.30.